The molecule has 0 aromatic heterocycles. The number of aliphatic hydroxyl groups excluding tert-OH is 4. The van der Waals surface area contributed by atoms with Crippen molar-refractivity contribution in [2.75, 3.05) is 6.61 Å². The molecule has 0 heterocycles. The van der Waals surface area contributed by atoms with E-state index in [-0.39, 0.29) is 0 Å². The van der Waals surface area contributed by atoms with Gasteiger partial charge in [0.1, 0.15) is 12.2 Å². The Kier molecular flexibility index (Phi) is 4.20. The van der Waals surface area contributed by atoms with Crippen molar-refractivity contribution in [3.05, 3.63) is 0 Å². The summed E-state index contributed by atoms with van der Waals surface area (Å²) in [6.07, 6.45) is -4.47. The highest BCUT2D eigenvalue weighted by Gasteiger charge is 2.26. The van der Waals surface area contributed by atoms with Crippen LogP contribution in [0.25, 0.3) is 0 Å². The van der Waals surface area contributed by atoms with Gasteiger partial charge in [0.15, 0.2) is 5.78 Å². The van der Waals surface area contributed by atoms with Gasteiger partial charge < -0.3 is 20.4 Å². The smallest absolute Gasteiger partial charge is 0.194 e. The van der Waals surface area contributed by atoms with Crippen molar-refractivity contribution < 1.29 is 25.2 Å². The van der Waals surface area contributed by atoms with Gasteiger partial charge in [-0.25, -0.2) is 0 Å². The third-order valence-corrected chi connectivity index (χ3v) is 1.25. The molecule has 11 heavy (non-hydrogen) atoms. The molecule has 0 aliphatic carbocycles. The summed E-state index contributed by atoms with van der Waals surface area (Å²) in [7, 11) is 0. The Bertz CT molecular complexity index is 133. The van der Waals surface area contributed by atoms with Gasteiger partial charge in [-0.15, -0.1) is 0 Å². The maximum Gasteiger partial charge on any atom is 0.194 e. The molecule has 0 unspecified atom stereocenters. The first kappa shape index (κ1) is 10.5. The Balaban J connectivity index is 4.02. The highest BCUT2D eigenvalue weighted by Crippen LogP contribution is 1.97. The van der Waals surface area contributed by atoms with Crippen LogP contribution in [-0.4, -0.2) is 51.1 Å². The third kappa shape index (κ3) is 2.94. The number of hydrogen-bond acceptors (Lipinski definition) is 5. The molecule has 3 atom stereocenters. The van der Waals surface area contributed by atoms with E-state index >= 15 is 0 Å². The topological polar surface area (TPSA) is 98.0 Å². The van der Waals surface area contributed by atoms with Crippen LogP contribution in [0.3, 0.4) is 0 Å². The molecule has 0 amide bonds. The van der Waals surface area contributed by atoms with Crippen LogP contribution < -0.4 is 0 Å². The fraction of sp³-hybridized carbons (Fsp3) is 0.833. The maximum atomic E-state index is 10.7. The average molecular weight is 164 g/mol. The quantitative estimate of drug-likeness (QED) is 0.373. The van der Waals surface area contributed by atoms with E-state index < -0.39 is 30.7 Å². The predicted octanol–water partition coefficient (Wildman–Crippen LogP) is -2.35. The van der Waals surface area contributed by atoms with Crippen LogP contribution in [0, 0.1) is 0 Å². The molecular formula is C6H12O5. The molecule has 5 nitrogen and oxygen atoms in total. The van der Waals surface area contributed by atoms with Crippen molar-refractivity contribution in [1.29, 1.82) is 0 Å². The number of aliphatic hydroxyl groups is 4. The molecule has 0 radical (unpaired) electrons. The van der Waals surface area contributed by atoms with Crippen LogP contribution in [0.15, 0.2) is 0 Å². The molecule has 0 fully saturated rings. The second-order valence-electron chi connectivity index (χ2n) is 2.29. The molecule has 5 heteroatoms. The molecule has 66 valence electrons. The first-order valence-corrected chi connectivity index (χ1v) is 3.19. The van der Waals surface area contributed by atoms with Crippen molar-refractivity contribution in [3.63, 3.8) is 0 Å². The number of rotatable bonds is 4. The van der Waals surface area contributed by atoms with Gasteiger partial charge in [-0.05, 0) is 6.92 Å². The first-order valence-electron chi connectivity index (χ1n) is 3.19. The van der Waals surface area contributed by atoms with Crippen LogP contribution in [0.1, 0.15) is 6.92 Å². The number of hydrogen-bond donors (Lipinski definition) is 4. The summed E-state index contributed by atoms with van der Waals surface area (Å²) in [4.78, 5) is 10.7. The Labute approximate surface area is 63.9 Å². The van der Waals surface area contributed by atoms with Crippen LogP contribution in [0.2, 0.25) is 0 Å². The number of Topliss-reactive ketones (excluding diaryl/α,β-unsaturated/α-hetero) is 1. The first-order chi connectivity index (χ1) is 5.00. The fourth-order valence-electron chi connectivity index (χ4n) is 0.525. The van der Waals surface area contributed by atoms with Gasteiger partial charge in [0, 0.05) is 0 Å². The largest absolute Gasteiger partial charge is 0.393 e. The minimum atomic E-state index is -1.63. The Hall–Kier alpha value is -0.490. The Morgan fingerprint density at radius 1 is 1.36 bits per heavy atom. The summed E-state index contributed by atoms with van der Waals surface area (Å²) in [5, 5.41) is 34.4. The van der Waals surface area contributed by atoms with E-state index in [1.165, 1.54) is 6.92 Å². The molecule has 0 aliphatic rings. The van der Waals surface area contributed by atoms with E-state index in [0.717, 1.165) is 0 Å². The summed E-state index contributed by atoms with van der Waals surface area (Å²) >= 11 is 0. The summed E-state index contributed by atoms with van der Waals surface area (Å²) in [5.74, 6) is -0.970. The van der Waals surface area contributed by atoms with Crippen molar-refractivity contribution >= 4 is 5.78 Å². The zero-order valence-corrected chi connectivity index (χ0v) is 6.14. The van der Waals surface area contributed by atoms with Gasteiger partial charge in [-0.3, -0.25) is 4.79 Å². The van der Waals surface area contributed by atoms with E-state index in [0.29, 0.717) is 0 Å². The maximum absolute atomic E-state index is 10.7. The van der Waals surface area contributed by atoms with Crippen molar-refractivity contribution in [1.82, 2.24) is 0 Å². The fourth-order valence-corrected chi connectivity index (χ4v) is 0.525. The SMILES string of the molecule is C[C@@H](O)[C@@H](O)C(=O)[C@@H](O)CO. The Morgan fingerprint density at radius 3 is 2.09 bits per heavy atom. The van der Waals surface area contributed by atoms with E-state index in [4.69, 9.17) is 20.4 Å². The standard InChI is InChI=1S/C6H12O5/c1-3(8)5(10)6(11)4(9)2-7/h3-5,7-10H,2H2,1H3/t3-,4+,5-/m1/s1. The van der Waals surface area contributed by atoms with Crippen LogP contribution in [0.4, 0.5) is 0 Å². The third-order valence-electron chi connectivity index (χ3n) is 1.25. The summed E-state index contributed by atoms with van der Waals surface area (Å²) in [6.45, 7) is 0.468. The van der Waals surface area contributed by atoms with Gasteiger partial charge in [0.25, 0.3) is 0 Å². The van der Waals surface area contributed by atoms with E-state index in [1.54, 1.807) is 0 Å². The summed E-state index contributed by atoms with van der Waals surface area (Å²) in [6, 6.07) is 0. The minimum Gasteiger partial charge on any atom is -0.393 e. The summed E-state index contributed by atoms with van der Waals surface area (Å²) in [5.41, 5.74) is 0. The van der Waals surface area contributed by atoms with Crippen LogP contribution in [-0.2, 0) is 4.79 Å². The molecule has 0 spiro atoms. The summed E-state index contributed by atoms with van der Waals surface area (Å²) < 4.78 is 0. The van der Waals surface area contributed by atoms with Gasteiger partial charge in [-0.1, -0.05) is 0 Å². The molecular weight excluding hydrogens is 152 g/mol. The second kappa shape index (κ2) is 4.40. The molecule has 0 saturated heterocycles. The second-order valence-corrected chi connectivity index (χ2v) is 2.29. The molecule has 0 rings (SSSR count). The zero-order valence-electron chi connectivity index (χ0n) is 6.14. The van der Waals surface area contributed by atoms with Crippen LogP contribution in [0.5, 0.6) is 0 Å². The number of carbonyl (C=O) groups excluding carboxylic acids is 1. The van der Waals surface area contributed by atoms with E-state index in [9.17, 15) is 4.79 Å². The normalized spacial score (nSPS) is 19.0. The minimum absolute atomic E-state index is 0.747. The van der Waals surface area contributed by atoms with Gasteiger partial charge in [0.05, 0.1) is 12.7 Å². The molecule has 0 saturated carbocycles. The van der Waals surface area contributed by atoms with E-state index in [1.807, 2.05) is 0 Å². The predicted molar refractivity (Wildman–Crippen MR) is 35.8 cm³/mol. The monoisotopic (exact) mass is 164 g/mol. The lowest BCUT2D eigenvalue weighted by atomic mass is 10.1. The lowest BCUT2D eigenvalue weighted by Crippen LogP contribution is -2.40. The zero-order chi connectivity index (χ0) is 9.02. The molecule has 4 N–H and O–H groups in total. The van der Waals surface area contributed by atoms with Crippen LogP contribution >= 0.6 is 0 Å². The van der Waals surface area contributed by atoms with E-state index in [2.05, 4.69) is 0 Å². The highest BCUT2D eigenvalue weighted by atomic mass is 16.4. The molecule has 0 aliphatic heterocycles. The van der Waals surface area contributed by atoms with Crippen molar-refractivity contribution in [2.45, 2.75) is 25.2 Å². The lowest BCUT2D eigenvalue weighted by molar-refractivity contribution is -0.142. The highest BCUT2D eigenvalue weighted by molar-refractivity contribution is 5.87. The molecule has 0 bridgehead atoms. The van der Waals surface area contributed by atoms with Crippen molar-refractivity contribution in [2.24, 2.45) is 0 Å². The molecule has 0 aromatic carbocycles. The lowest BCUT2D eigenvalue weighted by Gasteiger charge is -2.14. The van der Waals surface area contributed by atoms with Crippen molar-refractivity contribution in [3.8, 4) is 0 Å². The number of carbonyl (C=O) groups is 1. The van der Waals surface area contributed by atoms with Gasteiger partial charge in [-0.2, -0.15) is 0 Å². The molecule has 0 aromatic rings. The number of ketones is 1. The Morgan fingerprint density at radius 2 is 1.82 bits per heavy atom. The van der Waals surface area contributed by atoms with Gasteiger partial charge in [0.2, 0.25) is 0 Å². The average Bonchev–Trinajstić information content (AvgIpc) is 2.00. The van der Waals surface area contributed by atoms with Gasteiger partial charge >= 0.3 is 0 Å².